The van der Waals surface area contributed by atoms with Crippen LogP contribution in [0.2, 0.25) is 0 Å². The molecule has 0 fully saturated rings. The first-order valence-electron chi connectivity index (χ1n) is 5.76. The highest BCUT2D eigenvalue weighted by atomic mass is 19.1. The van der Waals surface area contributed by atoms with Crippen molar-refractivity contribution in [3.63, 3.8) is 0 Å². The lowest BCUT2D eigenvalue weighted by Gasteiger charge is -2.01. The van der Waals surface area contributed by atoms with Gasteiger partial charge in [-0.05, 0) is 18.2 Å². The fourth-order valence-electron chi connectivity index (χ4n) is 1.72. The molecule has 0 saturated carbocycles. The number of hydrazone groups is 1. The van der Waals surface area contributed by atoms with Gasteiger partial charge < -0.3 is 9.47 Å². The standard InChI is InChI=1S/C14H11FN2O2/c15-12-7-14-13(18-9-19-14)6-10(12)8-16-17-11-4-2-1-3-5-11/h1-8,17H,9H2. The van der Waals surface area contributed by atoms with E-state index in [0.29, 0.717) is 17.1 Å². The second kappa shape index (κ2) is 4.97. The minimum absolute atomic E-state index is 0.123. The van der Waals surface area contributed by atoms with Gasteiger partial charge in [-0.15, -0.1) is 0 Å². The SMILES string of the molecule is Fc1cc2c(cc1C=NNc1ccccc1)OCO2. The number of halogens is 1. The molecule has 4 nitrogen and oxygen atoms in total. The molecule has 1 aliphatic rings. The van der Waals surface area contributed by atoms with Gasteiger partial charge in [0.1, 0.15) is 5.82 Å². The molecule has 0 spiro atoms. The molecule has 0 radical (unpaired) electrons. The molecule has 96 valence electrons. The predicted octanol–water partition coefficient (Wildman–Crippen LogP) is 3.00. The maximum atomic E-state index is 13.7. The lowest BCUT2D eigenvalue weighted by molar-refractivity contribution is 0.174. The second-order valence-electron chi connectivity index (χ2n) is 3.96. The summed E-state index contributed by atoms with van der Waals surface area (Å²) < 4.78 is 24.0. The second-order valence-corrected chi connectivity index (χ2v) is 3.96. The zero-order valence-electron chi connectivity index (χ0n) is 9.97. The van der Waals surface area contributed by atoms with Gasteiger partial charge in [-0.25, -0.2) is 4.39 Å². The molecule has 0 saturated heterocycles. The van der Waals surface area contributed by atoms with E-state index in [9.17, 15) is 4.39 Å². The quantitative estimate of drug-likeness (QED) is 0.679. The molecular formula is C14H11FN2O2. The Balaban J connectivity index is 1.76. The molecule has 5 heteroatoms. The van der Waals surface area contributed by atoms with Gasteiger partial charge in [0, 0.05) is 11.6 Å². The Labute approximate surface area is 109 Å². The summed E-state index contributed by atoms with van der Waals surface area (Å²) in [4.78, 5) is 0. The smallest absolute Gasteiger partial charge is 0.231 e. The summed E-state index contributed by atoms with van der Waals surface area (Å²) in [5.41, 5.74) is 3.99. The lowest BCUT2D eigenvalue weighted by atomic mass is 10.2. The average Bonchev–Trinajstić information content (AvgIpc) is 2.87. The summed E-state index contributed by atoms with van der Waals surface area (Å²) in [5, 5.41) is 3.99. The molecule has 0 aliphatic carbocycles. The number of hydrogen-bond donors (Lipinski definition) is 1. The first-order valence-corrected chi connectivity index (χ1v) is 5.76. The first-order chi connectivity index (χ1) is 9.33. The Bertz CT molecular complexity index is 614. The summed E-state index contributed by atoms with van der Waals surface area (Å²) in [7, 11) is 0. The molecule has 2 aromatic carbocycles. The van der Waals surface area contributed by atoms with E-state index in [0.717, 1.165) is 5.69 Å². The third-order valence-electron chi connectivity index (χ3n) is 2.66. The Morgan fingerprint density at radius 2 is 1.84 bits per heavy atom. The summed E-state index contributed by atoms with van der Waals surface area (Å²) in [6.45, 7) is 0.123. The van der Waals surface area contributed by atoms with Crippen molar-refractivity contribution in [2.75, 3.05) is 12.2 Å². The minimum atomic E-state index is -0.400. The van der Waals surface area contributed by atoms with Gasteiger partial charge in [0.25, 0.3) is 0 Å². The maximum absolute atomic E-state index is 13.7. The van der Waals surface area contributed by atoms with Gasteiger partial charge in [0.05, 0.1) is 11.9 Å². The Morgan fingerprint density at radius 1 is 1.11 bits per heavy atom. The molecule has 1 aliphatic heterocycles. The van der Waals surface area contributed by atoms with Crippen molar-refractivity contribution in [1.29, 1.82) is 0 Å². The van der Waals surface area contributed by atoms with Gasteiger partial charge in [-0.3, -0.25) is 5.43 Å². The van der Waals surface area contributed by atoms with Crippen molar-refractivity contribution < 1.29 is 13.9 Å². The lowest BCUT2D eigenvalue weighted by Crippen LogP contribution is -1.93. The fraction of sp³-hybridized carbons (Fsp3) is 0.0714. The van der Waals surface area contributed by atoms with Crippen molar-refractivity contribution in [2.45, 2.75) is 0 Å². The monoisotopic (exact) mass is 258 g/mol. The predicted molar refractivity (Wildman–Crippen MR) is 70.2 cm³/mol. The molecule has 0 bridgehead atoms. The van der Waals surface area contributed by atoms with Crippen molar-refractivity contribution >= 4 is 11.9 Å². The minimum Gasteiger partial charge on any atom is -0.454 e. The van der Waals surface area contributed by atoms with E-state index in [1.54, 1.807) is 6.07 Å². The van der Waals surface area contributed by atoms with Gasteiger partial charge in [-0.1, -0.05) is 18.2 Å². The van der Waals surface area contributed by atoms with Crippen molar-refractivity contribution in [1.82, 2.24) is 0 Å². The van der Waals surface area contributed by atoms with Crippen LogP contribution >= 0.6 is 0 Å². The topological polar surface area (TPSA) is 42.9 Å². The van der Waals surface area contributed by atoms with Gasteiger partial charge in [-0.2, -0.15) is 5.10 Å². The van der Waals surface area contributed by atoms with Crippen LogP contribution in [0.3, 0.4) is 0 Å². The van der Waals surface area contributed by atoms with Crippen molar-refractivity contribution in [3.8, 4) is 11.5 Å². The van der Waals surface area contributed by atoms with E-state index in [-0.39, 0.29) is 6.79 Å². The van der Waals surface area contributed by atoms with Crippen LogP contribution in [-0.4, -0.2) is 13.0 Å². The summed E-state index contributed by atoms with van der Waals surface area (Å²) in [6.07, 6.45) is 1.41. The zero-order chi connectivity index (χ0) is 13.1. The van der Waals surface area contributed by atoms with Crippen molar-refractivity contribution in [2.24, 2.45) is 5.10 Å². The van der Waals surface area contributed by atoms with Crippen LogP contribution in [0.25, 0.3) is 0 Å². The van der Waals surface area contributed by atoms with E-state index in [4.69, 9.17) is 9.47 Å². The highest BCUT2D eigenvalue weighted by molar-refractivity contribution is 5.82. The van der Waals surface area contributed by atoms with Crippen molar-refractivity contribution in [3.05, 3.63) is 53.8 Å². The van der Waals surface area contributed by atoms with Crippen LogP contribution in [0.4, 0.5) is 10.1 Å². The van der Waals surface area contributed by atoms with Crippen LogP contribution in [0.5, 0.6) is 11.5 Å². The Hall–Kier alpha value is -2.56. The average molecular weight is 258 g/mol. The first kappa shape index (κ1) is 11.5. The third kappa shape index (κ3) is 2.49. The van der Waals surface area contributed by atoms with E-state index in [2.05, 4.69) is 10.5 Å². The largest absolute Gasteiger partial charge is 0.454 e. The highest BCUT2D eigenvalue weighted by Gasteiger charge is 2.16. The van der Waals surface area contributed by atoms with E-state index < -0.39 is 5.82 Å². The molecule has 1 N–H and O–H groups in total. The number of nitrogens with zero attached hydrogens (tertiary/aromatic N) is 1. The van der Waals surface area contributed by atoms with E-state index in [1.807, 2.05) is 30.3 Å². The number of nitrogens with one attached hydrogen (secondary N) is 1. The van der Waals surface area contributed by atoms with Crippen LogP contribution in [0, 0.1) is 5.82 Å². The molecule has 0 aromatic heterocycles. The number of anilines is 1. The van der Waals surface area contributed by atoms with E-state index in [1.165, 1.54) is 12.3 Å². The molecule has 2 aromatic rings. The van der Waals surface area contributed by atoms with E-state index >= 15 is 0 Å². The zero-order valence-corrected chi connectivity index (χ0v) is 9.97. The fourth-order valence-corrected chi connectivity index (χ4v) is 1.72. The molecule has 3 rings (SSSR count). The Morgan fingerprint density at radius 3 is 2.63 bits per heavy atom. The van der Waals surface area contributed by atoms with Gasteiger partial charge in [0.2, 0.25) is 6.79 Å². The van der Waals surface area contributed by atoms with Crippen LogP contribution < -0.4 is 14.9 Å². The number of benzene rings is 2. The molecule has 0 unspecified atom stereocenters. The highest BCUT2D eigenvalue weighted by Crippen LogP contribution is 2.33. The normalized spacial score (nSPS) is 12.9. The molecule has 19 heavy (non-hydrogen) atoms. The Kier molecular flexibility index (Phi) is 3.02. The van der Waals surface area contributed by atoms with Crippen LogP contribution in [0.1, 0.15) is 5.56 Å². The molecule has 0 atom stereocenters. The number of ether oxygens (including phenoxy) is 2. The maximum Gasteiger partial charge on any atom is 0.231 e. The van der Waals surface area contributed by atoms with Crippen LogP contribution in [-0.2, 0) is 0 Å². The molecular weight excluding hydrogens is 247 g/mol. The summed E-state index contributed by atoms with van der Waals surface area (Å²) in [6, 6.07) is 12.3. The number of fused-ring (bicyclic) bond motifs is 1. The van der Waals surface area contributed by atoms with Gasteiger partial charge >= 0.3 is 0 Å². The van der Waals surface area contributed by atoms with Gasteiger partial charge in [0.15, 0.2) is 11.5 Å². The number of para-hydroxylation sites is 1. The molecule has 0 amide bonds. The van der Waals surface area contributed by atoms with Crippen LogP contribution in [0.15, 0.2) is 47.6 Å². The number of rotatable bonds is 3. The third-order valence-corrected chi connectivity index (χ3v) is 2.66. The summed E-state index contributed by atoms with van der Waals surface area (Å²) in [5.74, 6) is 0.552. The molecule has 1 heterocycles. The summed E-state index contributed by atoms with van der Waals surface area (Å²) >= 11 is 0. The number of hydrogen-bond acceptors (Lipinski definition) is 4.